The molecule has 2 aliphatic rings. The van der Waals surface area contributed by atoms with Gasteiger partial charge in [-0.05, 0) is 55.7 Å². The fourth-order valence-electron chi connectivity index (χ4n) is 3.88. The smallest absolute Gasteiger partial charge is 0.243 e. The van der Waals surface area contributed by atoms with Gasteiger partial charge in [-0.1, -0.05) is 5.16 Å². The molecule has 0 atom stereocenters. The van der Waals surface area contributed by atoms with Crippen LogP contribution in [0.15, 0.2) is 52.6 Å². The highest BCUT2D eigenvalue weighted by Gasteiger charge is 2.26. The van der Waals surface area contributed by atoms with E-state index in [9.17, 15) is 8.42 Å². The number of anilines is 1. The molecule has 1 aromatic carbocycles. The molecular formula is C23H31N5O5S. The van der Waals surface area contributed by atoms with E-state index in [1.807, 2.05) is 6.07 Å². The summed E-state index contributed by atoms with van der Waals surface area (Å²) in [6, 6.07) is 10.1. The van der Waals surface area contributed by atoms with Crippen LogP contribution >= 0.6 is 0 Å². The van der Waals surface area contributed by atoms with E-state index in [0.717, 1.165) is 24.5 Å². The number of hydrogen-bond acceptors (Lipinski definition) is 8. The van der Waals surface area contributed by atoms with E-state index >= 15 is 0 Å². The van der Waals surface area contributed by atoms with Crippen molar-refractivity contribution in [2.24, 2.45) is 10.9 Å². The number of ether oxygens (including phenoxy) is 2. The van der Waals surface area contributed by atoms with Crippen LogP contribution in [0.2, 0.25) is 0 Å². The number of nitrogens with zero attached hydrogens (tertiary/aromatic N) is 4. The number of sulfonamides is 1. The van der Waals surface area contributed by atoms with Crippen molar-refractivity contribution < 1.29 is 22.7 Å². The Morgan fingerprint density at radius 1 is 1.03 bits per heavy atom. The molecule has 11 heteroatoms. The number of morpholine rings is 1. The van der Waals surface area contributed by atoms with Gasteiger partial charge in [0.05, 0.1) is 18.1 Å². The lowest BCUT2D eigenvalue weighted by atomic mass is 10.1. The maximum atomic E-state index is 12.7. The number of aromatic nitrogens is 1. The maximum absolute atomic E-state index is 12.7. The second kappa shape index (κ2) is 11.5. The Hall–Kier alpha value is -2.89. The fraction of sp³-hybridized carbons (Fsp3) is 0.478. The van der Waals surface area contributed by atoms with Crippen LogP contribution in [-0.4, -0.2) is 76.1 Å². The van der Waals surface area contributed by atoms with E-state index in [-0.39, 0.29) is 23.9 Å². The van der Waals surface area contributed by atoms with Gasteiger partial charge >= 0.3 is 0 Å². The molecule has 34 heavy (non-hydrogen) atoms. The zero-order valence-corrected chi connectivity index (χ0v) is 20.0. The summed E-state index contributed by atoms with van der Waals surface area (Å²) in [5.41, 5.74) is 6.83. The second-order valence-corrected chi connectivity index (χ2v) is 10.0. The summed E-state index contributed by atoms with van der Waals surface area (Å²) in [7, 11) is -3.52. The Morgan fingerprint density at radius 2 is 1.76 bits per heavy atom. The first-order valence-electron chi connectivity index (χ1n) is 11.5. The minimum absolute atomic E-state index is 0.193. The third kappa shape index (κ3) is 6.16. The van der Waals surface area contributed by atoms with E-state index < -0.39 is 10.0 Å². The summed E-state index contributed by atoms with van der Waals surface area (Å²) in [4.78, 5) is 12.2. The van der Waals surface area contributed by atoms with Gasteiger partial charge < -0.3 is 24.9 Å². The molecule has 4 rings (SSSR count). The van der Waals surface area contributed by atoms with Gasteiger partial charge in [0.2, 0.25) is 10.0 Å². The molecule has 0 unspecified atom stereocenters. The van der Waals surface area contributed by atoms with Gasteiger partial charge in [-0.25, -0.2) is 13.4 Å². The summed E-state index contributed by atoms with van der Waals surface area (Å²) in [5.74, 6) is 1.72. The lowest BCUT2D eigenvalue weighted by molar-refractivity contribution is 0.0730. The lowest BCUT2D eigenvalue weighted by Crippen LogP contribution is -2.40. The van der Waals surface area contributed by atoms with E-state index in [1.54, 1.807) is 36.5 Å². The SMILES string of the molecule is N/C(=N/OCCOc1ccc(S(=O)(=O)N2CCOCC2)cc1)c1ccnc(N2CCCCC2)c1. The van der Waals surface area contributed by atoms with Crippen molar-refractivity contribution in [2.45, 2.75) is 24.2 Å². The van der Waals surface area contributed by atoms with Crippen LogP contribution in [0.25, 0.3) is 0 Å². The number of benzene rings is 1. The largest absolute Gasteiger partial charge is 0.490 e. The Labute approximate surface area is 200 Å². The normalized spacial score (nSPS) is 18.0. The van der Waals surface area contributed by atoms with Gasteiger partial charge in [0, 0.05) is 37.9 Å². The summed E-state index contributed by atoms with van der Waals surface area (Å²) in [6.45, 7) is 3.98. The Bertz CT molecular complexity index is 1070. The molecule has 1 aromatic heterocycles. The van der Waals surface area contributed by atoms with Crippen LogP contribution in [0.3, 0.4) is 0 Å². The predicted molar refractivity (Wildman–Crippen MR) is 128 cm³/mol. The second-order valence-electron chi connectivity index (χ2n) is 8.10. The molecule has 0 bridgehead atoms. The highest BCUT2D eigenvalue weighted by atomic mass is 32.2. The van der Waals surface area contributed by atoms with Crippen LogP contribution in [0, 0.1) is 0 Å². The van der Waals surface area contributed by atoms with Crippen LogP contribution in [0.1, 0.15) is 24.8 Å². The van der Waals surface area contributed by atoms with Gasteiger partial charge in [0.15, 0.2) is 12.4 Å². The molecule has 2 aromatic rings. The third-order valence-electron chi connectivity index (χ3n) is 5.76. The molecule has 2 saturated heterocycles. The molecule has 0 radical (unpaired) electrons. The van der Waals surface area contributed by atoms with Crippen molar-refractivity contribution in [3.63, 3.8) is 0 Å². The highest BCUT2D eigenvalue weighted by molar-refractivity contribution is 7.89. The highest BCUT2D eigenvalue weighted by Crippen LogP contribution is 2.21. The molecule has 184 valence electrons. The van der Waals surface area contributed by atoms with Crippen LogP contribution < -0.4 is 15.4 Å². The zero-order valence-electron chi connectivity index (χ0n) is 19.1. The molecule has 10 nitrogen and oxygen atoms in total. The van der Waals surface area contributed by atoms with E-state index in [0.29, 0.717) is 32.1 Å². The summed E-state index contributed by atoms with van der Waals surface area (Å²) < 4.78 is 37.6. The number of pyridine rings is 1. The zero-order chi connectivity index (χ0) is 23.8. The maximum Gasteiger partial charge on any atom is 0.243 e. The summed E-state index contributed by atoms with van der Waals surface area (Å²) >= 11 is 0. The van der Waals surface area contributed by atoms with E-state index in [2.05, 4.69) is 15.0 Å². The standard InChI is InChI=1S/C23H31N5O5S/c24-23(19-8-9-25-22(18-19)27-10-2-1-3-11-27)26-33-17-16-32-20-4-6-21(7-5-20)34(29,30)28-12-14-31-15-13-28/h4-9,18H,1-3,10-17H2,(H2,24,26). The number of amidine groups is 1. The van der Waals surface area contributed by atoms with E-state index in [4.69, 9.17) is 20.0 Å². The molecule has 2 aliphatic heterocycles. The molecule has 0 aliphatic carbocycles. The minimum Gasteiger partial charge on any atom is -0.490 e. The molecule has 0 spiro atoms. The van der Waals surface area contributed by atoms with Gasteiger partial charge in [-0.3, -0.25) is 0 Å². The number of piperidine rings is 1. The van der Waals surface area contributed by atoms with Crippen LogP contribution in [0.4, 0.5) is 5.82 Å². The predicted octanol–water partition coefficient (Wildman–Crippen LogP) is 1.81. The van der Waals surface area contributed by atoms with Crippen molar-refractivity contribution in [2.75, 3.05) is 57.5 Å². The average molecular weight is 490 g/mol. The minimum atomic E-state index is -3.52. The molecule has 0 saturated carbocycles. The van der Waals surface area contributed by atoms with Crippen molar-refractivity contribution in [3.05, 3.63) is 48.2 Å². The fourth-order valence-corrected chi connectivity index (χ4v) is 5.29. The van der Waals surface area contributed by atoms with Crippen LogP contribution in [-0.2, 0) is 19.6 Å². The van der Waals surface area contributed by atoms with Crippen molar-refractivity contribution in [3.8, 4) is 5.75 Å². The first-order valence-corrected chi connectivity index (χ1v) is 13.0. The molecule has 2 N–H and O–H groups in total. The Balaban J connectivity index is 1.24. The topological polar surface area (TPSA) is 120 Å². The van der Waals surface area contributed by atoms with E-state index in [1.165, 1.54) is 23.6 Å². The van der Waals surface area contributed by atoms with Crippen molar-refractivity contribution in [1.29, 1.82) is 0 Å². The van der Waals surface area contributed by atoms with Gasteiger partial charge in [0.25, 0.3) is 0 Å². The Kier molecular flexibility index (Phi) is 8.20. The summed E-state index contributed by atoms with van der Waals surface area (Å²) in [5, 5.41) is 3.98. The van der Waals surface area contributed by atoms with Crippen LogP contribution in [0.5, 0.6) is 5.75 Å². The van der Waals surface area contributed by atoms with Gasteiger partial charge in [0.1, 0.15) is 18.2 Å². The molecule has 2 fully saturated rings. The molecular weight excluding hydrogens is 458 g/mol. The molecule has 0 amide bonds. The lowest BCUT2D eigenvalue weighted by Gasteiger charge is -2.27. The number of oxime groups is 1. The average Bonchev–Trinajstić information content (AvgIpc) is 2.90. The van der Waals surface area contributed by atoms with Crippen molar-refractivity contribution in [1.82, 2.24) is 9.29 Å². The van der Waals surface area contributed by atoms with Gasteiger partial charge in [-0.2, -0.15) is 4.31 Å². The Morgan fingerprint density at radius 3 is 2.50 bits per heavy atom. The van der Waals surface area contributed by atoms with Crippen molar-refractivity contribution >= 4 is 21.7 Å². The first kappa shape index (κ1) is 24.2. The molecule has 3 heterocycles. The first-order chi connectivity index (χ1) is 16.5. The quantitative estimate of drug-likeness (QED) is 0.245. The number of rotatable bonds is 9. The summed E-state index contributed by atoms with van der Waals surface area (Å²) in [6.07, 6.45) is 5.33. The third-order valence-corrected chi connectivity index (χ3v) is 7.67. The number of hydrogen-bond donors (Lipinski definition) is 1. The monoisotopic (exact) mass is 489 g/mol. The van der Waals surface area contributed by atoms with Gasteiger partial charge in [-0.15, -0.1) is 0 Å². The number of nitrogens with two attached hydrogens (primary N) is 1.